The average molecular weight is 364 g/mol. The second-order valence-corrected chi connectivity index (χ2v) is 6.70. The summed E-state index contributed by atoms with van der Waals surface area (Å²) < 4.78 is 0. The zero-order valence-corrected chi connectivity index (χ0v) is 14.6. The molecule has 0 aliphatic heterocycles. The van der Waals surface area contributed by atoms with Crippen LogP contribution < -0.4 is 5.32 Å². The topological polar surface area (TPSA) is 90.9 Å². The first-order valence-electron chi connectivity index (χ1n) is 8.12. The van der Waals surface area contributed by atoms with Gasteiger partial charge in [-0.1, -0.05) is 18.2 Å². The lowest BCUT2D eigenvalue weighted by molar-refractivity contribution is 0.0703. The number of benzene rings is 1. The molecule has 0 radical (unpaired) electrons. The predicted octanol–water partition coefficient (Wildman–Crippen LogP) is 3.67. The summed E-state index contributed by atoms with van der Waals surface area (Å²) in [6.07, 6.45) is 0. The Morgan fingerprint density at radius 3 is 2.81 bits per heavy atom. The molecule has 3 heterocycles. The maximum atomic E-state index is 11.3. The number of carbonyl (C=O) groups is 1. The number of hydrogen-bond acceptors (Lipinski definition) is 5. The molecular formula is C19H16N4O2S. The number of carboxylic acid groups (broad SMARTS) is 1. The number of fused-ring (bicyclic) bond motifs is 1. The Bertz CT molecular complexity index is 1040. The third-order valence-corrected chi connectivity index (χ3v) is 4.88. The van der Waals surface area contributed by atoms with Gasteiger partial charge in [0.1, 0.15) is 10.7 Å². The van der Waals surface area contributed by atoms with E-state index in [1.54, 1.807) is 11.4 Å². The SMILES string of the molecule is O=C(O)c1sccc1-c1cccc(CNCc2nc3ccccc3[nH]2)n1. The lowest BCUT2D eigenvalue weighted by Crippen LogP contribution is -2.14. The van der Waals surface area contributed by atoms with Gasteiger partial charge in [-0.05, 0) is 35.7 Å². The first kappa shape index (κ1) is 16.4. The highest BCUT2D eigenvalue weighted by molar-refractivity contribution is 7.12. The number of thiophene rings is 1. The molecule has 1 aromatic carbocycles. The number of aromatic nitrogens is 3. The van der Waals surface area contributed by atoms with Gasteiger partial charge in [-0.25, -0.2) is 9.78 Å². The normalized spacial score (nSPS) is 11.1. The molecule has 0 atom stereocenters. The second kappa shape index (κ2) is 7.07. The molecule has 130 valence electrons. The second-order valence-electron chi connectivity index (χ2n) is 5.79. The molecule has 4 aromatic rings. The average Bonchev–Trinajstić information content (AvgIpc) is 3.28. The first-order valence-corrected chi connectivity index (χ1v) is 9.00. The molecule has 0 fully saturated rings. The molecule has 4 rings (SSSR count). The summed E-state index contributed by atoms with van der Waals surface area (Å²) in [4.78, 5) is 24.0. The lowest BCUT2D eigenvalue weighted by Gasteiger charge is -2.05. The number of imidazole rings is 1. The summed E-state index contributed by atoms with van der Waals surface area (Å²) >= 11 is 1.21. The van der Waals surface area contributed by atoms with Crippen LogP contribution in [0.1, 0.15) is 21.2 Å². The molecule has 26 heavy (non-hydrogen) atoms. The van der Waals surface area contributed by atoms with E-state index in [2.05, 4.69) is 20.3 Å². The number of nitrogens with zero attached hydrogens (tertiary/aromatic N) is 2. The Hall–Kier alpha value is -3.03. The third kappa shape index (κ3) is 3.35. The highest BCUT2D eigenvalue weighted by Crippen LogP contribution is 2.27. The Kier molecular flexibility index (Phi) is 4.47. The highest BCUT2D eigenvalue weighted by Gasteiger charge is 2.14. The van der Waals surface area contributed by atoms with Crippen LogP contribution in [-0.2, 0) is 13.1 Å². The molecule has 0 spiro atoms. The monoisotopic (exact) mass is 364 g/mol. The predicted molar refractivity (Wildman–Crippen MR) is 101 cm³/mol. The van der Waals surface area contributed by atoms with Crippen molar-refractivity contribution in [2.45, 2.75) is 13.1 Å². The van der Waals surface area contributed by atoms with Crippen molar-refractivity contribution < 1.29 is 9.90 Å². The quantitative estimate of drug-likeness (QED) is 0.485. The Labute approximate surface area is 153 Å². The van der Waals surface area contributed by atoms with Gasteiger partial charge in [0.25, 0.3) is 0 Å². The van der Waals surface area contributed by atoms with Crippen molar-refractivity contribution in [2.24, 2.45) is 0 Å². The fourth-order valence-corrected chi connectivity index (χ4v) is 3.54. The van der Waals surface area contributed by atoms with Crippen molar-refractivity contribution in [3.63, 3.8) is 0 Å². The van der Waals surface area contributed by atoms with E-state index in [0.717, 1.165) is 22.6 Å². The van der Waals surface area contributed by atoms with E-state index in [-0.39, 0.29) is 0 Å². The van der Waals surface area contributed by atoms with Crippen molar-refractivity contribution in [3.05, 3.63) is 70.3 Å². The van der Waals surface area contributed by atoms with Gasteiger partial charge in [0.15, 0.2) is 0 Å². The van der Waals surface area contributed by atoms with E-state index in [0.29, 0.717) is 29.2 Å². The zero-order valence-electron chi connectivity index (χ0n) is 13.8. The number of nitrogens with one attached hydrogen (secondary N) is 2. The number of pyridine rings is 1. The van der Waals surface area contributed by atoms with Crippen molar-refractivity contribution >= 4 is 28.3 Å². The van der Waals surface area contributed by atoms with Crippen LogP contribution in [0.3, 0.4) is 0 Å². The zero-order chi connectivity index (χ0) is 17.9. The van der Waals surface area contributed by atoms with E-state index < -0.39 is 5.97 Å². The molecule has 7 heteroatoms. The molecular weight excluding hydrogens is 348 g/mol. The smallest absolute Gasteiger partial charge is 0.346 e. The van der Waals surface area contributed by atoms with Crippen LogP contribution in [0.2, 0.25) is 0 Å². The van der Waals surface area contributed by atoms with Crippen molar-refractivity contribution in [2.75, 3.05) is 0 Å². The minimum absolute atomic E-state index is 0.310. The van der Waals surface area contributed by atoms with Crippen molar-refractivity contribution in [3.8, 4) is 11.3 Å². The van der Waals surface area contributed by atoms with E-state index >= 15 is 0 Å². The Morgan fingerprint density at radius 2 is 1.96 bits per heavy atom. The molecule has 0 amide bonds. The van der Waals surface area contributed by atoms with Gasteiger partial charge in [-0.2, -0.15) is 0 Å². The summed E-state index contributed by atoms with van der Waals surface area (Å²) in [5.41, 5.74) is 4.14. The van der Waals surface area contributed by atoms with Crippen molar-refractivity contribution in [1.29, 1.82) is 0 Å². The van der Waals surface area contributed by atoms with Crippen LogP contribution in [0.25, 0.3) is 22.3 Å². The van der Waals surface area contributed by atoms with Crippen LogP contribution in [0.4, 0.5) is 0 Å². The van der Waals surface area contributed by atoms with Crippen LogP contribution in [0, 0.1) is 0 Å². The number of para-hydroxylation sites is 2. The van der Waals surface area contributed by atoms with Gasteiger partial charge < -0.3 is 15.4 Å². The molecule has 0 aliphatic rings. The number of rotatable bonds is 6. The molecule has 3 N–H and O–H groups in total. The Morgan fingerprint density at radius 1 is 1.08 bits per heavy atom. The minimum Gasteiger partial charge on any atom is -0.477 e. The number of aromatic amines is 1. The van der Waals surface area contributed by atoms with Crippen LogP contribution >= 0.6 is 11.3 Å². The van der Waals surface area contributed by atoms with E-state index in [1.807, 2.05) is 42.5 Å². The molecule has 0 bridgehead atoms. The lowest BCUT2D eigenvalue weighted by atomic mass is 10.1. The summed E-state index contributed by atoms with van der Waals surface area (Å²) in [5.74, 6) is -0.0569. The molecule has 0 unspecified atom stereocenters. The molecule has 0 saturated carbocycles. The summed E-state index contributed by atoms with van der Waals surface area (Å²) in [6, 6.07) is 15.3. The molecule has 3 aromatic heterocycles. The summed E-state index contributed by atoms with van der Waals surface area (Å²) in [5, 5.41) is 14.4. The van der Waals surface area contributed by atoms with E-state index in [1.165, 1.54) is 11.3 Å². The molecule has 6 nitrogen and oxygen atoms in total. The highest BCUT2D eigenvalue weighted by atomic mass is 32.1. The third-order valence-electron chi connectivity index (χ3n) is 3.98. The number of carboxylic acids is 1. The van der Waals surface area contributed by atoms with E-state index in [4.69, 9.17) is 0 Å². The summed E-state index contributed by atoms with van der Waals surface area (Å²) in [6.45, 7) is 1.16. The summed E-state index contributed by atoms with van der Waals surface area (Å²) in [7, 11) is 0. The number of H-pyrrole nitrogens is 1. The first-order chi connectivity index (χ1) is 12.7. The van der Waals surface area contributed by atoms with Crippen LogP contribution in [0.15, 0.2) is 53.9 Å². The number of aromatic carboxylic acids is 1. The van der Waals surface area contributed by atoms with Gasteiger partial charge in [0.05, 0.1) is 29.0 Å². The van der Waals surface area contributed by atoms with Gasteiger partial charge in [0, 0.05) is 12.1 Å². The van der Waals surface area contributed by atoms with Gasteiger partial charge >= 0.3 is 5.97 Å². The minimum atomic E-state index is -0.926. The fraction of sp³-hybridized carbons (Fsp3) is 0.105. The fourth-order valence-electron chi connectivity index (χ4n) is 2.80. The van der Waals surface area contributed by atoms with E-state index in [9.17, 15) is 9.90 Å². The Balaban J connectivity index is 1.45. The van der Waals surface area contributed by atoms with Gasteiger partial charge in [-0.15, -0.1) is 11.3 Å². The number of hydrogen-bond donors (Lipinski definition) is 3. The standard InChI is InChI=1S/C19H16N4O2S/c24-19(25)18-13(8-9-26-18)14-7-3-4-12(21-14)10-20-11-17-22-15-5-1-2-6-16(15)23-17/h1-9,20H,10-11H2,(H,22,23)(H,24,25). The van der Waals surface area contributed by atoms with Crippen LogP contribution in [0.5, 0.6) is 0 Å². The maximum absolute atomic E-state index is 11.3. The maximum Gasteiger partial charge on any atom is 0.346 e. The van der Waals surface area contributed by atoms with Gasteiger partial charge in [0.2, 0.25) is 0 Å². The van der Waals surface area contributed by atoms with Gasteiger partial charge in [-0.3, -0.25) is 4.98 Å². The largest absolute Gasteiger partial charge is 0.477 e. The molecule has 0 aliphatic carbocycles. The molecule has 0 saturated heterocycles. The van der Waals surface area contributed by atoms with Crippen molar-refractivity contribution in [1.82, 2.24) is 20.3 Å². The van der Waals surface area contributed by atoms with Crippen LogP contribution in [-0.4, -0.2) is 26.0 Å².